The number of nitrogens with zero attached hydrogens (tertiary/aromatic N) is 7. The van der Waals surface area contributed by atoms with Gasteiger partial charge in [0.2, 0.25) is 0 Å². The minimum atomic E-state index is 0.242. The van der Waals surface area contributed by atoms with Crippen molar-refractivity contribution in [3.63, 3.8) is 0 Å². The van der Waals surface area contributed by atoms with E-state index in [1.54, 1.807) is 0 Å². The van der Waals surface area contributed by atoms with Crippen molar-refractivity contribution >= 4 is 58.2 Å². The number of hydrogen-bond acceptors (Lipinski definition) is 9. The monoisotopic (exact) mass is 535 g/mol. The molecule has 36 heavy (non-hydrogen) atoms. The molecule has 0 unspecified atom stereocenters. The summed E-state index contributed by atoms with van der Waals surface area (Å²) in [4.78, 5) is 4.72. The first-order valence-electron chi connectivity index (χ1n) is 11.3. The SMILES string of the molecule is Clc1ccc2ccc(C=Cc3cccc(C(SCCc4nnn[nH]4)SCCc4nnn[nH]4)c3)nc2c1. The van der Waals surface area contributed by atoms with Gasteiger partial charge in [-0.2, -0.15) is 0 Å². The number of hydrogen-bond donors (Lipinski definition) is 2. The summed E-state index contributed by atoms with van der Waals surface area (Å²) in [5, 5.41) is 30.0. The third-order valence-corrected chi connectivity index (χ3v) is 8.38. The highest BCUT2D eigenvalue weighted by Crippen LogP contribution is 2.40. The van der Waals surface area contributed by atoms with E-state index in [2.05, 4.69) is 77.7 Å². The lowest BCUT2D eigenvalue weighted by molar-refractivity contribution is 0.881. The molecule has 9 nitrogen and oxygen atoms in total. The van der Waals surface area contributed by atoms with E-state index in [0.29, 0.717) is 5.02 Å². The topological polar surface area (TPSA) is 122 Å². The summed E-state index contributed by atoms with van der Waals surface area (Å²) in [5.41, 5.74) is 4.13. The Bertz CT molecular complexity index is 1380. The number of aryl methyl sites for hydroxylation is 2. The van der Waals surface area contributed by atoms with Crippen LogP contribution in [0.15, 0.2) is 54.6 Å². The number of aromatic nitrogens is 9. The largest absolute Gasteiger partial charge is 0.248 e. The third-order valence-electron chi connectivity index (χ3n) is 5.30. The number of pyridine rings is 1. The predicted octanol–water partition coefficient (Wildman–Crippen LogP) is 5.04. The van der Waals surface area contributed by atoms with Gasteiger partial charge in [-0.3, -0.25) is 0 Å². The van der Waals surface area contributed by atoms with Crippen molar-refractivity contribution in [3.05, 3.63) is 88.1 Å². The van der Waals surface area contributed by atoms with Crippen molar-refractivity contribution in [1.29, 1.82) is 0 Å². The van der Waals surface area contributed by atoms with Gasteiger partial charge in [0.15, 0.2) is 0 Å². The number of halogens is 1. The molecule has 0 fully saturated rings. The first-order valence-corrected chi connectivity index (χ1v) is 13.7. The van der Waals surface area contributed by atoms with E-state index in [1.165, 1.54) is 5.56 Å². The number of fused-ring (bicyclic) bond motifs is 1. The molecule has 0 aliphatic carbocycles. The van der Waals surface area contributed by atoms with Gasteiger partial charge >= 0.3 is 0 Å². The Kier molecular flexibility index (Phi) is 8.21. The lowest BCUT2D eigenvalue weighted by Crippen LogP contribution is -1.99. The molecular formula is C24H22ClN9S2. The molecule has 0 amide bonds. The number of aromatic amines is 2. The molecular weight excluding hydrogens is 514 g/mol. The van der Waals surface area contributed by atoms with E-state index in [9.17, 15) is 0 Å². The van der Waals surface area contributed by atoms with Gasteiger partial charge in [-0.05, 0) is 62.3 Å². The van der Waals surface area contributed by atoms with Crippen LogP contribution in [-0.4, -0.2) is 57.7 Å². The minimum absolute atomic E-state index is 0.242. The second kappa shape index (κ2) is 12.1. The van der Waals surface area contributed by atoms with Crippen LogP contribution in [0.5, 0.6) is 0 Å². The Hall–Kier alpha value is -3.28. The van der Waals surface area contributed by atoms with Gasteiger partial charge in [-0.15, -0.1) is 33.7 Å². The van der Waals surface area contributed by atoms with Gasteiger partial charge in [0.05, 0.1) is 15.8 Å². The molecule has 0 aliphatic heterocycles. The van der Waals surface area contributed by atoms with Gasteiger partial charge in [-0.25, -0.2) is 15.2 Å². The smallest absolute Gasteiger partial charge is 0.149 e. The zero-order valence-corrected chi connectivity index (χ0v) is 21.5. The zero-order chi connectivity index (χ0) is 24.6. The van der Waals surface area contributed by atoms with Crippen LogP contribution < -0.4 is 0 Å². The Morgan fingerprint density at radius 1 is 0.833 bits per heavy atom. The number of thioether (sulfide) groups is 2. The van der Waals surface area contributed by atoms with E-state index in [4.69, 9.17) is 16.6 Å². The summed E-state index contributed by atoms with van der Waals surface area (Å²) < 4.78 is 0.242. The maximum atomic E-state index is 6.14. The molecule has 0 atom stereocenters. The molecule has 12 heteroatoms. The lowest BCUT2D eigenvalue weighted by atomic mass is 10.1. The second-order valence-electron chi connectivity index (χ2n) is 7.85. The standard InChI is InChI=1S/C24H22ClN9S2/c25-19-7-5-17-6-9-20(26-21(17)15-19)8-4-16-2-1-3-18(14-16)24(35-12-10-22-27-31-32-28-22)36-13-11-23-29-33-34-30-23/h1-9,14-15,24H,10-13H2,(H,27,28,31,32)(H,29,30,33,34). The van der Waals surface area contributed by atoms with Gasteiger partial charge in [0.1, 0.15) is 11.6 Å². The van der Waals surface area contributed by atoms with Crippen molar-refractivity contribution in [2.24, 2.45) is 0 Å². The average Bonchev–Trinajstić information content (AvgIpc) is 3.61. The average molecular weight is 536 g/mol. The maximum Gasteiger partial charge on any atom is 0.149 e. The lowest BCUT2D eigenvalue weighted by Gasteiger charge is -2.17. The van der Waals surface area contributed by atoms with E-state index < -0.39 is 0 Å². The quantitative estimate of drug-likeness (QED) is 0.224. The molecule has 2 aromatic carbocycles. The maximum absolute atomic E-state index is 6.14. The van der Waals surface area contributed by atoms with Crippen LogP contribution in [0.4, 0.5) is 0 Å². The summed E-state index contributed by atoms with van der Waals surface area (Å²) in [5.74, 6) is 3.36. The van der Waals surface area contributed by atoms with Gasteiger partial charge < -0.3 is 0 Å². The van der Waals surface area contributed by atoms with Crippen molar-refractivity contribution in [2.45, 2.75) is 17.4 Å². The molecule has 5 rings (SSSR count). The molecule has 0 bridgehead atoms. The Morgan fingerprint density at radius 2 is 1.56 bits per heavy atom. The van der Waals surface area contributed by atoms with E-state index in [0.717, 1.165) is 58.2 Å². The van der Waals surface area contributed by atoms with Crippen LogP contribution in [0.2, 0.25) is 5.02 Å². The van der Waals surface area contributed by atoms with Gasteiger partial charge in [0, 0.05) is 34.8 Å². The minimum Gasteiger partial charge on any atom is -0.248 e. The predicted molar refractivity (Wildman–Crippen MR) is 146 cm³/mol. The highest BCUT2D eigenvalue weighted by molar-refractivity contribution is 8.16. The van der Waals surface area contributed by atoms with Crippen LogP contribution in [0.1, 0.15) is 33.1 Å². The number of benzene rings is 2. The van der Waals surface area contributed by atoms with Crippen molar-refractivity contribution in [3.8, 4) is 0 Å². The first kappa shape index (κ1) is 24.4. The first-order chi connectivity index (χ1) is 17.7. The highest BCUT2D eigenvalue weighted by atomic mass is 35.5. The van der Waals surface area contributed by atoms with Crippen LogP contribution in [0.3, 0.4) is 0 Å². The molecule has 0 radical (unpaired) electrons. The fourth-order valence-electron chi connectivity index (χ4n) is 3.53. The molecule has 2 N–H and O–H groups in total. The Morgan fingerprint density at radius 3 is 2.25 bits per heavy atom. The summed E-state index contributed by atoms with van der Waals surface area (Å²) in [6, 6.07) is 18.4. The van der Waals surface area contributed by atoms with Crippen LogP contribution in [0, 0.1) is 0 Å². The number of H-pyrrole nitrogens is 2. The van der Waals surface area contributed by atoms with Gasteiger partial charge in [0.25, 0.3) is 0 Å². The molecule has 3 heterocycles. The normalized spacial score (nSPS) is 11.7. The van der Waals surface area contributed by atoms with E-state index >= 15 is 0 Å². The van der Waals surface area contributed by atoms with E-state index in [1.807, 2.05) is 53.9 Å². The summed E-state index contributed by atoms with van der Waals surface area (Å²) in [6.45, 7) is 0. The van der Waals surface area contributed by atoms with Crippen molar-refractivity contribution < 1.29 is 0 Å². The Labute approximate surface area is 220 Å². The molecule has 3 aromatic heterocycles. The fourth-order valence-corrected chi connectivity index (χ4v) is 6.38. The van der Waals surface area contributed by atoms with Crippen molar-refractivity contribution in [2.75, 3.05) is 11.5 Å². The summed E-state index contributed by atoms with van der Waals surface area (Å²) in [6.07, 6.45) is 5.67. The number of rotatable bonds is 11. The van der Waals surface area contributed by atoms with Crippen LogP contribution >= 0.6 is 35.1 Å². The summed E-state index contributed by atoms with van der Waals surface area (Å²) in [7, 11) is 0. The number of nitrogens with one attached hydrogen (secondary N) is 2. The molecule has 5 aromatic rings. The van der Waals surface area contributed by atoms with Gasteiger partial charge in [-0.1, -0.05) is 48.0 Å². The van der Waals surface area contributed by atoms with E-state index in [-0.39, 0.29) is 4.58 Å². The molecule has 0 saturated heterocycles. The van der Waals surface area contributed by atoms with Crippen LogP contribution in [0.25, 0.3) is 23.1 Å². The Balaban J connectivity index is 1.29. The third kappa shape index (κ3) is 6.68. The molecule has 182 valence electrons. The molecule has 0 spiro atoms. The molecule has 0 aliphatic rings. The highest BCUT2D eigenvalue weighted by Gasteiger charge is 2.14. The molecule has 0 saturated carbocycles. The number of tetrazole rings is 2. The second-order valence-corrected chi connectivity index (χ2v) is 11.0. The van der Waals surface area contributed by atoms with Crippen LogP contribution in [-0.2, 0) is 12.8 Å². The van der Waals surface area contributed by atoms with Crippen molar-refractivity contribution in [1.82, 2.24) is 46.2 Å². The fraction of sp³-hybridized carbons (Fsp3) is 0.208. The zero-order valence-electron chi connectivity index (χ0n) is 19.1. The summed E-state index contributed by atoms with van der Waals surface area (Å²) >= 11 is 9.88.